The molecule has 3 N–H and O–H groups in total. The van der Waals surface area contributed by atoms with Gasteiger partial charge in [-0.1, -0.05) is 6.07 Å². The topological polar surface area (TPSA) is 75.2 Å². The standard InChI is InChI=1S/C12H18N4O/c1-17-11-6-2-5-10(15-11)16-7-3-4-9(8-16)12(13)14/h2,5-6,9H,3-4,7-8H2,1H3,(H3,13,14). The van der Waals surface area contributed by atoms with Gasteiger partial charge in [-0.15, -0.1) is 0 Å². The number of amidine groups is 1. The number of nitrogens with zero attached hydrogens (tertiary/aromatic N) is 2. The average Bonchev–Trinajstić information content (AvgIpc) is 2.39. The van der Waals surface area contributed by atoms with Gasteiger partial charge < -0.3 is 15.4 Å². The van der Waals surface area contributed by atoms with Crippen molar-refractivity contribution < 1.29 is 4.74 Å². The summed E-state index contributed by atoms with van der Waals surface area (Å²) in [6, 6.07) is 5.72. The Hall–Kier alpha value is -1.78. The number of hydrogen-bond donors (Lipinski definition) is 2. The number of anilines is 1. The molecule has 0 aliphatic carbocycles. The van der Waals surface area contributed by atoms with Crippen LogP contribution in [-0.2, 0) is 0 Å². The van der Waals surface area contributed by atoms with Gasteiger partial charge >= 0.3 is 0 Å². The van der Waals surface area contributed by atoms with Crippen LogP contribution < -0.4 is 15.4 Å². The highest BCUT2D eigenvalue weighted by molar-refractivity contribution is 5.80. The minimum absolute atomic E-state index is 0.150. The summed E-state index contributed by atoms with van der Waals surface area (Å²) in [5.74, 6) is 1.94. The van der Waals surface area contributed by atoms with Crippen molar-refractivity contribution in [3.8, 4) is 5.88 Å². The van der Waals surface area contributed by atoms with Gasteiger partial charge in [0.25, 0.3) is 0 Å². The van der Waals surface area contributed by atoms with Crippen molar-refractivity contribution in [3.63, 3.8) is 0 Å². The summed E-state index contributed by atoms with van der Waals surface area (Å²) in [4.78, 5) is 6.57. The summed E-state index contributed by atoms with van der Waals surface area (Å²) < 4.78 is 5.12. The average molecular weight is 234 g/mol. The molecule has 1 aromatic heterocycles. The van der Waals surface area contributed by atoms with Gasteiger partial charge in [-0.05, 0) is 18.9 Å². The molecular weight excluding hydrogens is 216 g/mol. The summed E-state index contributed by atoms with van der Waals surface area (Å²) in [6.45, 7) is 1.74. The number of hydrogen-bond acceptors (Lipinski definition) is 4. The lowest BCUT2D eigenvalue weighted by Crippen LogP contribution is -2.41. The maximum absolute atomic E-state index is 7.53. The van der Waals surface area contributed by atoms with E-state index in [1.165, 1.54) is 0 Å². The van der Waals surface area contributed by atoms with Crippen molar-refractivity contribution in [2.45, 2.75) is 12.8 Å². The molecule has 1 atom stereocenters. The molecule has 2 heterocycles. The summed E-state index contributed by atoms with van der Waals surface area (Å²) in [7, 11) is 1.61. The molecule has 1 aromatic rings. The quantitative estimate of drug-likeness (QED) is 0.609. The number of pyridine rings is 1. The summed E-state index contributed by atoms with van der Waals surface area (Å²) in [5, 5.41) is 7.53. The Morgan fingerprint density at radius 2 is 2.41 bits per heavy atom. The fraction of sp³-hybridized carbons (Fsp3) is 0.500. The van der Waals surface area contributed by atoms with E-state index in [0.717, 1.165) is 31.7 Å². The van der Waals surface area contributed by atoms with E-state index in [0.29, 0.717) is 5.88 Å². The Labute approximate surface area is 101 Å². The van der Waals surface area contributed by atoms with E-state index in [2.05, 4.69) is 9.88 Å². The zero-order valence-electron chi connectivity index (χ0n) is 10.0. The van der Waals surface area contributed by atoms with Crippen LogP contribution in [0.2, 0.25) is 0 Å². The molecule has 0 spiro atoms. The molecule has 92 valence electrons. The van der Waals surface area contributed by atoms with Crippen molar-refractivity contribution in [1.29, 1.82) is 5.41 Å². The molecule has 5 heteroatoms. The minimum Gasteiger partial charge on any atom is -0.481 e. The third kappa shape index (κ3) is 2.67. The highest BCUT2D eigenvalue weighted by atomic mass is 16.5. The lowest BCUT2D eigenvalue weighted by Gasteiger charge is -2.33. The van der Waals surface area contributed by atoms with Crippen LogP contribution in [0.4, 0.5) is 5.82 Å². The molecule has 0 aromatic carbocycles. The van der Waals surface area contributed by atoms with Gasteiger partial charge in [0, 0.05) is 25.1 Å². The Balaban J connectivity index is 2.13. The molecule has 0 radical (unpaired) electrons. The normalized spacial score (nSPS) is 20.1. The number of methoxy groups -OCH3 is 1. The van der Waals surface area contributed by atoms with Gasteiger partial charge in [0.2, 0.25) is 5.88 Å². The zero-order chi connectivity index (χ0) is 12.3. The van der Waals surface area contributed by atoms with E-state index >= 15 is 0 Å². The predicted molar refractivity (Wildman–Crippen MR) is 67.6 cm³/mol. The van der Waals surface area contributed by atoms with Crippen molar-refractivity contribution in [2.24, 2.45) is 11.7 Å². The van der Waals surface area contributed by atoms with E-state index in [9.17, 15) is 0 Å². The molecule has 1 fully saturated rings. The molecule has 2 rings (SSSR count). The molecule has 0 bridgehead atoms. The fourth-order valence-corrected chi connectivity index (χ4v) is 2.13. The number of nitrogens with two attached hydrogens (primary N) is 1. The van der Waals surface area contributed by atoms with Crippen LogP contribution in [0.3, 0.4) is 0 Å². The summed E-state index contributed by atoms with van der Waals surface area (Å²) in [5.41, 5.74) is 5.58. The first kappa shape index (κ1) is 11.7. The van der Waals surface area contributed by atoms with Crippen molar-refractivity contribution in [1.82, 2.24) is 4.98 Å². The second kappa shape index (κ2) is 5.03. The molecule has 17 heavy (non-hydrogen) atoms. The van der Waals surface area contributed by atoms with Gasteiger partial charge in [-0.3, -0.25) is 5.41 Å². The van der Waals surface area contributed by atoms with Crippen LogP contribution in [0.15, 0.2) is 18.2 Å². The predicted octanol–water partition coefficient (Wildman–Crippen LogP) is 1.24. The van der Waals surface area contributed by atoms with Crippen LogP contribution in [0.5, 0.6) is 5.88 Å². The molecule has 5 nitrogen and oxygen atoms in total. The van der Waals surface area contributed by atoms with Gasteiger partial charge in [-0.25, -0.2) is 0 Å². The van der Waals surface area contributed by atoms with Crippen molar-refractivity contribution >= 4 is 11.7 Å². The monoisotopic (exact) mass is 234 g/mol. The third-order valence-corrected chi connectivity index (χ3v) is 3.10. The number of piperidine rings is 1. The maximum atomic E-state index is 7.53. The smallest absolute Gasteiger partial charge is 0.214 e. The van der Waals surface area contributed by atoms with Crippen LogP contribution >= 0.6 is 0 Å². The van der Waals surface area contributed by atoms with E-state index in [1.807, 2.05) is 18.2 Å². The van der Waals surface area contributed by atoms with E-state index < -0.39 is 0 Å². The highest BCUT2D eigenvalue weighted by Gasteiger charge is 2.22. The minimum atomic E-state index is 0.150. The van der Waals surface area contributed by atoms with Crippen molar-refractivity contribution in [3.05, 3.63) is 18.2 Å². The number of ether oxygens (including phenoxy) is 1. The first-order chi connectivity index (χ1) is 8.20. The lowest BCUT2D eigenvalue weighted by molar-refractivity contribution is 0.397. The van der Waals surface area contributed by atoms with Crippen LogP contribution in [0.25, 0.3) is 0 Å². The highest BCUT2D eigenvalue weighted by Crippen LogP contribution is 2.23. The molecule has 1 unspecified atom stereocenters. The Morgan fingerprint density at radius 1 is 1.59 bits per heavy atom. The van der Waals surface area contributed by atoms with E-state index in [4.69, 9.17) is 15.9 Å². The van der Waals surface area contributed by atoms with Gasteiger partial charge in [0.05, 0.1) is 12.9 Å². The van der Waals surface area contributed by atoms with Gasteiger partial charge in [-0.2, -0.15) is 4.98 Å². The first-order valence-corrected chi connectivity index (χ1v) is 5.80. The van der Waals surface area contributed by atoms with Gasteiger partial charge in [0.15, 0.2) is 0 Å². The maximum Gasteiger partial charge on any atom is 0.214 e. The van der Waals surface area contributed by atoms with E-state index in [-0.39, 0.29) is 11.8 Å². The van der Waals surface area contributed by atoms with Crippen molar-refractivity contribution in [2.75, 3.05) is 25.1 Å². The van der Waals surface area contributed by atoms with E-state index in [1.54, 1.807) is 7.11 Å². The second-order valence-electron chi connectivity index (χ2n) is 4.28. The molecule has 0 amide bonds. The van der Waals surface area contributed by atoms with Gasteiger partial charge in [0.1, 0.15) is 5.82 Å². The number of rotatable bonds is 3. The Bertz CT molecular complexity index is 407. The zero-order valence-corrected chi connectivity index (χ0v) is 10.0. The lowest BCUT2D eigenvalue weighted by atomic mass is 9.97. The van der Waals surface area contributed by atoms with Crippen LogP contribution in [0, 0.1) is 11.3 Å². The largest absolute Gasteiger partial charge is 0.481 e. The summed E-state index contributed by atoms with van der Waals surface area (Å²) in [6.07, 6.45) is 2.04. The number of nitrogens with one attached hydrogen (secondary N) is 1. The molecular formula is C12H18N4O. The van der Waals surface area contributed by atoms with Crippen LogP contribution in [-0.4, -0.2) is 31.0 Å². The third-order valence-electron chi connectivity index (χ3n) is 3.10. The SMILES string of the molecule is COc1cccc(N2CCCC(C(=N)N)C2)n1. The molecule has 1 saturated heterocycles. The molecule has 1 aliphatic heterocycles. The van der Waals surface area contributed by atoms with Crippen LogP contribution in [0.1, 0.15) is 12.8 Å². The fourth-order valence-electron chi connectivity index (χ4n) is 2.13. The summed E-state index contributed by atoms with van der Waals surface area (Å²) >= 11 is 0. The molecule has 0 saturated carbocycles. The Kier molecular flexibility index (Phi) is 3.46. The Morgan fingerprint density at radius 3 is 3.12 bits per heavy atom. The first-order valence-electron chi connectivity index (χ1n) is 5.80. The second-order valence-corrected chi connectivity index (χ2v) is 4.28. The molecule has 1 aliphatic rings. The number of aromatic nitrogens is 1.